The minimum atomic E-state index is 0. The van der Waals surface area contributed by atoms with Crippen molar-refractivity contribution in [2.24, 2.45) is 11.5 Å². The second-order valence-corrected chi connectivity index (χ2v) is 3.90. The summed E-state index contributed by atoms with van der Waals surface area (Å²) in [6.07, 6.45) is 4.17. The first kappa shape index (κ1) is 18.8. The van der Waals surface area contributed by atoms with Crippen LogP contribution >= 0.6 is 24.8 Å². The Labute approximate surface area is 110 Å². The average Bonchev–Trinajstić information content (AvgIpc) is 2.21. The van der Waals surface area contributed by atoms with Crippen LogP contribution < -0.4 is 11.5 Å². The SMILES string of the molecule is Cl.Cl.NC1CCOCC1.NC1CCOCC1. The first-order chi connectivity index (χ1) is 6.79. The molecule has 6 heteroatoms. The molecule has 0 spiro atoms. The number of nitrogens with two attached hydrogens (primary N) is 2. The maximum atomic E-state index is 5.55. The van der Waals surface area contributed by atoms with Gasteiger partial charge in [0.1, 0.15) is 0 Å². The third-order valence-electron chi connectivity index (χ3n) is 2.53. The smallest absolute Gasteiger partial charge is 0.0480 e. The molecule has 2 saturated heterocycles. The highest BCUT2D eigenvalue weighted by molar-refractivity contribution is 5.85. The Balaban J connectivity index is 0. The van der Waals surface area contributed by atoms with Gasteiger partial charge < -0.3 is 20.9 Å². The van der Waals surface area contributed by atoms with E-state index in [0.717, 1.165) is 52.1 Å². The van der Waals surface area contributed by atoms with E-state index in [1.165, 1.54) is 0 Å². The fraction of sp³-hybridized carbons (Fsp3) is 1.00. The van der Waals surface area contributed by atoms with Crippen LogP contribution in [0.1, 0.15) is 25.7 Å². The van der Waals surface area contributed by atoms with Crippen molar-refractivity contribution >= 4 is 24.8 Å². The molecular weight excluding hydrogens is 251 g/mol. The van der Waals surface area contributed by atoms with Crippen molar-refractivity contribution in [1.29, 1.82) is 0 Å². The summed E-state index contributed by atoms with van der Waals surface area (Å²) in [7, 11) is 0. The minimum Gasteiger partial charge on any atom is -0.381 e. The van der Waals surface area contributed by atoms with Gasteiger partial charge in [-0.3, -0.25) is 0 Å². The molecule has 0 aliphatic carbocycles. The van der Waals surface area contributed by atoms with E-state index in [4.69, 9.17) is 20.9 Å². The van der Waals surface area contributed by atoms with Crippen LogP contribution in [-0.4, -0.2) is 38.5 Å². The zero-order valence-electron chi connectivity index (χ0n) is 9.60. The topological polar surface area (TPSA) is 70.5 Å². The summed E-state index contributed by atoms with van der Waals surface area (Å²) in [5.41, 5.74) is 11.1. The molecule has 0 unspecified atom stereocenters. The number of ether oxygens (including phenoxy) is 2. The van der Waals surface area contributed by atoms with Crippen LogP contribution in [0.25, 0.3) is 0 Å². The lowest BCUT2D eigenvalue weighted by Gasteiger charge is -2.16. The predicted octanol–water partition coefficient (Wildman–Crippen LogP) is 1.09. The lowest BCUT2D eigenvalue weighted by molar-refractivity contribution is 0.0865. The Hall–Kier alpha value is 0.420. The van der Waals surface area contributed by atoms with Crippen molar-refractivity contribution in [3.63, 3.8) is 0 Å². The molecule has 2 fully saturated rings. The minimum absolute atomic E-state index is 0. The Kier molecular flexibility index (Phi) is 14.0. The molecule has 0 radical (unpaired) electrons. The van der Waals surface area contributed by atoms with Gasteiger partial charge in [-0.15, -0.1) is 24.8 Å². The number of halogens is 2. The summed E-state index contributed by atoms with van der Waals surface area (Å²) in [6.45, 7) is 3.45. The van der Waals surface area contributed by atoms with E-state index in [2.05, 4.69) is 0 Å². The third kappa shape index (κ3) is 9.63. The van der Waals surface area contributed by atoms with Crippen LogP contribution in [0.4, 0.5) is 0 Å². The van der Waals surface area contributed by atoms with Crippen molar-refractivity contribution in [1.82, 2.24) is 0 Å². The van der Waals surface area contributed by atoms with Crippen LogP contribution in [0, 0.1) is 0 Å². The maximum Gasteiger partial charge on any atom is 0.0480 e. The fourth-order valence-corrected chi connectivity index (χ4v) is 1.43. The number of hydrogen-bond donors (Lipinski definition) is 2. The van der Waals surface area contributed by atoms with E-state index < -0.39 is 0 Å². The molecule has 100 valence electrons. The van der Waals surface area contributed by atoms with Crippen LogP contribution in [-0.2, 0) is 9.47 Å². The summed E-state index contributed by atoms with van der Waals surface area (Å²) in [5.74, 6) is 0. The lowest BCUT2D eigenvalue weighted by atomic mass is 10.1. The first-order valence-electron chi connectivity index (χ1n) is 5.45. The van der Waals surface area contributed by atoms with Crippen molar-refractivity contribution < 1.29 is 9.47 Å². The van der Waals surface area contributed by atoms with Crippen LogP contribution in [0.15, 0.2) is 0 Å². The van der Waals surface area contributed by atoms with Gasteiger partial charge >= 0.3 is 0 Å². The summed E-state index contributed by atoms with van der Waals surface area (Å²) >= 11 is 0. The number of rotatable bonds is 0. The Bertz CT molecular complexity index is 125. The standard InChI is InChI=1S/2C5H11NO.2ClH/c2*6-5-1-3-7-4-2-5;;/h2*5H,1-4,6H2;2*1H. The quantitative estimate of drug-likeness (QED) is 0.694. The van der Waals surface area contributed by atoms with E-state index in [0.29, 0.717) is 12.1 Å². The van der Waals surface area contributed by atoms with Crippen LogP contribution in [0.2, 0.25) is 0 Å². The molecule has 0 aromatic rings. The third-order valence-corrected chi connectivity index (χ3v) is 2.53. The highest BCUT2D eigenvalue weighted by Gasteiger charge is 2.07. The van der Waals surface area contributed by atoms with E-state index in [1.807, 2.05) is 0 Å². The molecule has 4 nitrogen and oxygen atoms in total. The highest BCUT2D eigenvalue weighted by atomic mass is 35.5. The molecule has 0 bridgehead atoms. The van der Waals surface area contributed by atoms with Crippen LogP contribution in [0.5, 0.6) is 0 Å². The van der Waals surface area contributed by atoms with Gasteiger partial charge in [-0.1, -0.05) is 0 Å². The molecule has 2 aliphatic heterocycles. The average molecular weight is 275 g/mol. The predicted molar refractivity (Wildman–Crippen MR) is 70.6 cm³/mol. The van der Waals surface area contributed by atoms with E-state index in [-0.39, 0.29) is 24.8 Å². The molecule has 0 aromatic carbocycles. The Morgan fingerprint density at radius 3 is 1.00 bits per heavy atom. The normalized spacial score (nSPS) is 22.1. The Morgan fingerprint density at radius 1 is 0.625 bits per heavy atom. The molecule has 16 heavy (non-hydrogen) atoms. The van der Waals surface area contributed by atoms with Gasteiger partial charge in [0.15, 0.2) is 0 Å². The van der Waals surface area contributed by atoms with Gasteiger partial charge in [-0.2, -0.15) is 0 Å². The molecule has 2 rings (SSSR count). The Morgan fingerprint density at radius 2 is 0.875 bits per heavy atom. The highest BCUT2D eigenvalue weighted by Crippen LogP contribution is 2.02. The van der Waals surface area contributed by atoms with Gasteiger partial charge in [-0.25, -0.2) is 0 Å². The summed E-state index contributed by atoms with van der Waals surface area (Å²) in [6, 6.07) is 0.822. The second-order valence-electron chi connectivity index (χ2n) is 3.90. The van der Waals surface area contributed by atoms with E-state index in [1.54, 1.807) is 0 Å². The molecule has 0 saturated carbocycles. The summed E-state index contributed by atoms with van der Waals surface area (Å²) in [5, 5.41) is 0. The summed E-state index contributed by atoms with van der Waals surface area (Å²) in [4.78, 5) is 0. The van der Waals surface area contributed by atoms with Gasteiger partial charge in [0.2, 0.25) is 0 Å². The second kappa shape index (κ2) is 11.9. The number of hydrogen-bond acceptors (Lipinski definition) is 4. The molecule has 2 aliphatic rings. The van der Waals surface area contributed by atoms with E-state index in [9.17, 15) is 0 Å². The van der Waals surface area contributed by atoms with Gasteiger partial charge in [0, 0.05) is 38.5 Å². The van der Waals surface area contributed by atoms with Crippen LogP contribution in [0.3, 0.4) is 0 Å². The molecular formula is C10H24Cl2N2O2. The molecule has 4 N–H and O–H groups in total. The van der Waals surface area contributed by atoms with E-state index >= 15 is 0 Å². The first-order valence-corrected chi connectivity index (χ1v) is 5.45. The van der Waals surface area contributed by atoms with Crippen molar-refractivity contribution in [3.05, 3.63) is 0 Å². The molecule has 0 atom stereocenters. The maximum absolute atomic E-state index is 5.55. The zero-order chi connectivity index (χ0) is 10.2. The van der Waals surface area contributed by atoms with Crippen molar-refractivity contribution in [2.75, 3.05) is 26.4 Å². The van der Waals surface area contributed by atoms with Crippen molar-refractivity contribution in [2.45, 2.75) is 37.8 Å². The van der Waals surface area contributed by atoms with Gasteiger partial charge in [0.05, 0.1) is 0 Å². The zero-order valence-corrected chi connectivity index (χ0v) is 11.2. The lowest BCUT2D eigenvalue weighted by Crippen LogP contribution is -2.28. The molecule has 2 heterocycles. The monoisotopic (exact) mass is 274 g/mol. The van der Waals surface area contributed by atoms with Crippen molar-refractivity contribution in [3.8, 4) is 0 Å². The van der Waals surface area contributed by atoms with Gasteiger partial charge in [-0.05, 0) is 25.7 Å². The molecule has 0 amide bonds. The largest absolute Gasteiger partial charge is 0.381 e. The molecule has 0 aromatic heterocycles. The fourth-order valence-electron chi connectivity index (χ4n) is 1.43. The van der Waals surface area contributed by atoms with Gasteiger partial charge in [0.25, 0.3) is 0 Å². The summed E-state index contributed by atoms with van der Waals surface area (Å²) < 4.78 is 10.1.